The first-order valence-electron chi connectivity index (χ1n) is 7.27. The van der Waals surface area contributed by atoms with Gasteiger partial charge in [0.05, 0.1) is 23.0 Å². The standard InChI is InChI=1S/C16H21N3/c17-10-13-5-6-15(14(18)9-13)19-11-16(12-19)7-3-1-2-4-8-16/h5-6,9H,1-4,7-8,11-12,18H2. The number of anilines is 2. The van der Waals surface area contributed by atoms with Crippen LogP contribution >= 0.6 is 0 Å². The minimum absolute atomic E-state index is 0.552. The van der Waals surface area contributed by atoms with E-state index in [0.717, 1.165) is 24.5 Å². The topological polar surface area (TPSA) is 53.0 Å². The third-order valence-electron chi connectivity index (χ3n) is 4.71. The van der Waals surface area contributed by atoms with Gasteiger partial charge in [0.15, 0.2) is 0 Å². The highest BCUT2D eigenvalue weighted by molar-refractivity contribution is 5.70. The molecular weight excluding hydrogens is 234 g/mol. The number of hydrogen-bond donors (Lipinski definition) is 1. The fourth-order valence-corrected chi connectivity index (χ4v) is 3.64. The molecule has 3 rings (SSSR count). The van der Waals surface area contributed by atoms with Crippen LogP contribution in [0.25, 0.3) is 0 Å². The normalized spacial score (nSPS) is 21.5. The Bertz CT molecular complexity index is 499. The van der Waals surface area contributed by atoms with Crippen molar-refractivity contribution in [1.29, 1.82) is 5.26 Å². The van der Waals surface area contributed by atoms with Gasteiger partial charge in [-0.25, -0.2) is 0 Å². The van der Waals surface area contributed by atoms with Crippen LogP contribution in [0.4, 0.5) is 11.4 Å². The Balaban J connectivity index is 1.71. The summed E-state index contributed by atoms with van der Waals surface area (Å²) in [6.45, 7) is 2.28. The first kappa shape index (κ1) is 12.3. The molecule has 0 atom stereocenters. The van der Waals surface area contributed by atoms with Crippen LogP contribution in [0.1, 0.15) is 44.1 Å². The largest absolute Gasteiger partial charge is 0.397 e. The van der Waals surface area contributed by atoms with E-state index in [2.05, 4.69) is 11.0 Å². The maximum atomic E-state index is 8.87. The monoisotopic (exact) mass is 255 g/mol. The minimum Gasteiger partial charge on any atom is -0.397 e. The SMILES string of the molecule is N#Cc1ccc(N2CC3(CCCCCC3)C2)c(N)c1. The van der Waals surface area contributed by atoms with Gasteiger partial charge in [-0.2, -0.15) is 5.26 Å². The Labute approximate surface area is 115 Å². The Morgan fingerprint density at radius 3 is 2.37 bits per heavy atom. The van der Waals surface area contributed by atoms with E-state index in [1.165, 1.54) is 38.5 Å². The van der Waals surface area contributed by atoms with Crippen LogP contribution in [-0.4, -0.2) is 13.1 Å². The first-order chi connectivity index (χ1) is 9.22. The molecule has 0 amide bonds. The summed E-state index contributed by atoms with van der Waals surface area (Å²) in [6.07, 6.45) is 8.33. The summed E-state index contributed by atoms with van der Waals surface area (Å²) in [4.78, 5) is 2.38. The molecule has 1 saturated carbocycles. The highest BCUT2D eigenvalue weighted by atomic mass is 15.2. The molecule has 1 spiro atoms. The van der Waals surface area contributed by atoms with E-state index in [4.69, 9.17) is 11.0 Å². The van der Waals surface area contributed by atoms with Crippen molar-refractivity contribution in [2.45, 2.75) is 38.5 Å². The molecule has 1 saturated heterocycles. The number of benzene rings is 1. The zero-order chi connectivity index (χ0) is 13.3. The van der Waals surface area contributed by atoms with Crippen LogP contribution in [0, 0.1) is 16.7 Å². The lowest BCUT2D eigenvalue weighted by molar-refractivity contribution is 0.181. The number of nitrogens with zero attached hydrogens (tertiary/aromatic N) is 2. The quantitative estimate of drug-likeness (QED) is 0.783. The summed E-state index contributed by atoms with van der Waals surface area (Å²) in [5.41, 5.74) is 9.10. The molecule has 2 aliphatic rings. The lowest BCUT2D eigenvalue weighted by atomic mass is 9.73. The summed E-state index contributed by atoms with van der Waals surface area (Å²) in [5, 5.41) is 8.87. The van der Waals surface area contributed by atoms with Crippen LogP contribution in [0.15, 0.2) is 18.2 Å². The lowest BCUT2D eigenvalue weighted by Gasteiger charge is -2.52. The van der Waals surface area contributed by atoms with Gasteiger partial charge in [0, 0.05) is 18.5 Å². The number of nitrogens with two attached hydrogens (primary N) is 1. The molecule has 1 aliphatic carbocycles. The van der Waals surface area contributed by atoms with E-state index >= 15 is 0 Å². The molecule has 3 nitrogen and oxygen atoms in total. The van der Waals surface area contributed by atoms with Gasteiger partial charge in [-0.1, -0.05) is 25.7 Å². The van der Waals surface area contributed by atoms with Gasteiger partial charge in [-0.3, -0.25) is 0 Å². The smallest absolute Gasteiger partial charge is 0.0992 e. The molecule has 19 heavy (non-hydrogen) atoms. The van der Waals surface area contributed by atoms with Crippen molar-refractivity contribution in [3.8, 4) is 6.07 Å². The van der Waals surface area contributed by atoms with Crippen molar-refractivity contribution in [3.05, 3.63) is 23.8 Å². The molecule has 2 N–H and O–H groups in total. The average Bonchev–Trinajstić information content (AvgIpc) is 2.63. The average molecular weight is 255 g/mol. The van der Waals surface area contributed by atoms with Gasteiger partial charge >= 0.3 is 0 Å². The molecule has 3 heteroatoms. The van der Waals surface area contributed by atoms with Crippen LogP contribution in [0.2, 0.25) is 0 Å². The molecule has 0 unspecified atom stereocenters. The Morgan fingerprint density at radius 1 is 1.11 bits per heavy atom. The first-order valence-corrected chi connectivity index (χ1v) is 7.27. The van der Waals surface area contributed by atoms with E-state index in [1.54, 1.807) is 6.07 Å². The predicted octanol–water partition coefficient (Wildman–Crippen LogP) is 3.30. The zero-order valence-electron chi connectivity index (χ0n) is 11.4. The van der Waals surface area contributed by atoms with Crippen LogP contribution in [-0.2, 0) is 0 Å². The van der Waals surface area contributed by atoms with Gasteiger partial charge in [0.25, 0.3) is 0 Å². The van der Waals surface area contributed by atoms with Crippen LogP contribution < -0.4 is 10.6 Å². The second-order valence-corrected chi connectivity index (χ2v) is 6.16. The summed E-state index contributed by atoms with van der Waals surface area (Å²) in [6, 6.07) is 7.78. The van der Waals surface area contributed by atoms with E-state index in [0.29, 0.717) is 11.0 Å². The number of rotatable bonds is 1. The molecule has 2 fully saturated rings. The molecule has 1 aromatic carbocycles. The van der Waals surface area contributed by atoms with E-state index < -0.39 is 0 Å². The highest BCUT2D eigenvalue weighted by Crippen LogP contribution is 2.45. The molecule has 0 radical (unpaired) electrons. The molecule has 0 bridgehead atoms. The van der Waals surface area contributed by atoms with Crippen LogP contribution in [0.3, 0.4) is 0 Å². The van der Waals surface area contributed by atoms with Crippen LogP contribution in [0.5, 0.6) is 0 Å². The van der Waals surface area contributed by atoms with Crippen molar-refractivity contribution < 1.29 is 0 Å². The zero-order valence-corrected chi connectivity index (χ0v) is 11.4. The second-order valence-electron chi connectivity index (χ2n) is 6.16. The lowest BCUT2D eigenvalue weighted by Crippen LogP contribution is -2.56. The third kappa shape index (κ3) is 2.28. The number of nitriles is 1. The van der Waals surface area contributed by atoms with Crippen molar-refractivity contribution in [1.82, 2.24) is 0 Å². The van der Waals surface area contributed by atoms with E-state index in [9.17, 15) is 0 Å². The molecule has 100 valence electrons. The summed E-state index contributed by atoms with van der Waals surface area (Å²) in [7, 11) is 0. The maximum Gasteiger partial charge on any atom is 0.0992 e. The molecule has 0 aromatic heterocycles. The van der Waals surface area contributed by atoms with Gasteiger partial charge in [0.1, 0.15) is 0 Å². The third-order valence-corrected chi connectivity index (χ3v) is 4.71. The molecule has 1 aromatic rings. The van der Waals surface area contributed by atoms with Crippen molar-refractivity contribution >= 4 is 11.4 Å². The van der Waals surface area contributed by atoms with Gasteiger partial charge in [-0.05, 0) is 31.0 Å². The number of hydrogen-bond acceptors (Lipinski definition) is 3. The predicted molar refractivity (Wildman–Crippen MR) is 77.9 cm³/mol. The highest BCUT2D eigenvalue weighted by Gasteiger charge is 2.42. The van der Waals surface area contributed by atoms with Gasteiger partial charge in [-0.15, -0.1) is 0 Å². The van der Waals surface area contributed by atoms with E-state index in [1.807, 2.05) is 12.1 Å². The Kier molecular flexibility index (Phi) is 3.10. The minimum atomic E-state index is 0.552. The van der Waals surface area contributed by atoms with Crippen molar-refractivity contribution in [2.75, 3.05) is 23.7 Å². The summed E-state index contributed by atoms with van der Waals surface area (Å²) in [5.74, 6) is 0. The van der Waals surface area contributed by atoms with E-state index in [-0.39, 0.29) is 0 Å². The molecule has 1 heterocycles. The fraction of sp³-hybridized carbons (Fsp3) is 0.562. The van der Waals surface area contributed by atoms with Gasteiger partial charge < -0.3 is 10.6 Å². The Morgan fingerprint density at radius 2 is 1.79 bits per heavy atom. The summed E-state index contributed by atoms with van der Waals surface area (Å²) < 4.78 is 0. The van der Waals surface area contributed by atoms with Crippen molar-refractivity contribution in [2.24, 2.45) is 5.41 Å². The summed E-state index contributed by atoms with van der Waals surface area (Å²) >= 11 is 0. The molecule has 1 aliphatic heterocycles. The Hall–Kier alpha value is -1.69. The van der Waals surface area contributed by atoms with Crippen molar-refractivity contribution in [3.63, 3.8) is 0 Å². The maximum absolute atomic E-state index is 8.87. The molecular formula is C16H21N3. The fourth-order valence-electron chi connectivity index (χ4n) is 3.64. The number of nitrogen functional groups attached to an aromatic ring is 1. The van der Waals surface area contributed by atoms with Gasteiger partial charge in [0.2, 0.25) is 0 Å². The second kappa shape index (κ2) is 4.77.